The number of carbonyl (C=O) groups is 1. The van der Waals surface area contributed by atoms with E-state index in [-0.39, 0.29) is 11.1 Å². The summed E-state index contributed by atoms with van der Waals surface area (Å²) in [6, 6.07) is 7.95. The molecule has 0 spiro atoms. The van der Waals surface area contributed by atoms with Crippen LogP contribution in [-0.2, 0) is 0 Å². The number of benzene rings is 1. The van der Waals surface area contributed by atoms with Crippen LogP contribution in [0.1, 0.15) is 20.8 Å². The molecule has 4 aromatic heterocycles. The van der Waals surface area contributed by atoms with Gasteiger partial charge in [-0.25, -0.2) is 14.4 Å². The third-order valence-electron chi connectivity index (χ3n) is 5.02. The predicted octanol–water partition coefficient (Wildman–Crippen LogP) is 4.54. The lowest BCUT2D eigenvalue weighted by molar-refractivity contribution is 0.102. The molecule has 0 aliphatic carbocycles. The number of carbonyl (C=O) groups excluding carboxylic acids is 1. The summed E-state index contributed by atoms with van der Waals surface area (Å²) in [7, 11) is 0. The Morgan fingerprint density at radius 1 is 1.19 bits per heavy atom. The summed E-state index contributed by atoms with van der Waals surface area (Å²) in [4.78, 5) is 40.4. The van der Waals surface area contributed by atoms with Gasteiger partial charge in [-0.15, -0.1) is 11.3 Å². The molecule has 0 saturated carbocycles. The van der Waals surface area contributed by atoms with Gasteiger partial charge in [0.05, 0.1) is 16.8 Å². The molecule has 0 unspecified atom stereocenters. The van der Waals surface area contributed by atoms with Crippen molar-refractivity contribution in [3.05, 3.63) is 74.9 Å². The molecule has 1 aromatic carbocycles. The average Bonchev–Trinajstić information content (AvgIpc) is 3.31. The largest absolute Gasteiger partial charge is 0.345 e. The minimum atomic E-state index is -0.581. The van der Waals surface area contributed by atoms with E-state index in [1.807, 2.05) is 25.3 Å². The highest BCUT2D eigenvalue weighted by Gasteiger charge is 2.19. The number of pyridine rings is 2. The van der Waals surface area contributed by atoms with Gasteiger partial charge in [0.2, 0.25) is 5.56 Å². The molecule has 0 bridgehead atoms. The first-order valence-electron chi connectivity index (χ1n) is 9.45. The van der Waals surface area contributed by atoms with Crippen molar-refractivity contribution in [1.29, 1.82) is 0 Å². The Morgan fingerprint density at radius 3 is 2.87 bits per heavy atom. The van der Waals surface area contributed by atoms with E-state index in [0.717, 1.165) is 27.2 Å². The number of hydrogen-bond acceptors (Lipinski definition) is 5. The monoisotopic (exact) mass is 433 g/mol. The van der Waals surface area contributed by atoms with E-state index in [0.29, 0.717) is 16.1 Å². The third-order valence-corrected chi connectivity index (χ3v) is 5.90. The van der Waals surface area contributed by atoms with Crippen molar-refractivity contribution in [2.24, 2.45) is 0 Å². The van der Waals surface area contributed by atoms with Crippen LogP contribution in [-0.4, -0.2) is 25.8 Å². The summed E-state index contributed by atoms with van der Waals surface area (Å²) in [5.74, 6) is -1.11. The van der Waals surface area contributed by atoms with Gasteiger partial charge < -0.3 is 9.97 Å². The topological polar surface area (TPSA) is 104 Å². The Labute approximate surface area is 179 Å². The zero-order chi connectivity index (χ0) is 21.7. The fourth-order valence-electron chi connectivity index (χ4n) is 3.65. The Morgan fingerprint density at radius 2 is 2.03 bits per heavy atom. The molecule has 0 saturated heterocycles. The number of thiazole rings is 1. The second-order valence-electron chi connectivity index (χ2n) is 7.20. The van der Waals surface area contributed by atoms with Crippen LogP contribution in [0.4, 0.5) is 9.52 Å². The number of amides is 1. The molecule has 0 fully saturated rings. The van der Waals surface area contributed by atoms with Crippen molar-refractivity contribution < 1.29 is 9.18 Å². The van der Waals surface area contributed by atoms with Gasteiger partial charge in [-0.05, 0) is 43.7 Å². The second kappa shape index (κ2) is 7.13. The quantitative estimate of drug-likeness (QED) is 0.389. The standard InChI is InChI=1S/C22H16FN5O2S/c1-10-6-13-14(8-17(29)26-19(13)16(23)7-10)21(30)28-22-27-18(11(2)31-22)15-9-25-20-12(15)4-3-5-24-20/h3-9H,1-2H3,(H,24,25)(H,26,29)(H,27,28,30). The maximum atomic E-state index is 14.3. The lowest BCUT2D eigenvalue weighted by atomic mass is 10.1. The van der Waals surface area contributed by atoms with E-state index in [4.69, 9.17) is 0 Å². The zero-order valence-corrected chi connectivity index (χ0v) is 17.4. The highest BCUT2D eigenvalue weighted by Crippen LogP contribution is 2.34. The molecule has 0 aliphatic rings. The smallest absolute Gasteiger partial charge is 0.258 e. The molecule has 1 amide bonds. The summed E-state index contributed by atoms with van der Waals surface area (Å²) in [6.45, 7) is 3.64. The minimum absolute atomic E-state index is 0.00514. The minimum Gasteiger partial charge on any atom is -0.345 e. The molecular formula is C22H16FN5O2S. The molecule has 5 aromatic rings. The van der Waals surface area contributed by atoms with Crippen molar-refractivity contribution >= 4 is 44.3 Å². The summed E-state index contributed by atoms with van der Waals surface area (Å²) in [5, 5.41) is 4.41. The molecule has 0 atom stereocenters. The fourth-order valence-corrected chi connectivity index (χ4v) is 4.48. The molecule has 154 valence electrons. The highest BCUT2D eigenvalue weighted by atomic mass is 32.1. The molecule has 0 aliphatic heterocycles. The first kappa shape index (κ1) is 19.1. The Kier molecular flexibility index (Phi) is 4.40. The van der Waals surface area contributed by atoms with Crippen molar-refractivity contribution in [2.75, 3.05) is 5.32 Å². The number of rotatable bonds is 3. The lowest BCUT2D eigenvalue weighted by Crippen LogP contribution is -2.17. The van der Waals surface area contributed by atoms with Crippen molar-refractivity contribution in [3.8, 4) is 11.3 Å². The van der Waals surface area contributed by atoms with Crippen LogP contribution in [0.2, 0.25) is 0 Å². The first-order valence-corrected chi connectivity index (χ1v) is 10.3. The van der Waals surface area contributed by atoms with Gasteiger partial charge in [0, 0.05) is 39.7 Å². The summed E-state index contributed by atoms with van der Waals surface area (Å²) >= 11 is 1.32. The van der Waals surface area contributed by atoms with Gasteiger partial charge in [0.15, 0.2) is 5.13 Å². The number of fused-ring (bicyclic) bond motifs is 2. The van der Waals surface area contributed by atoms with Crippen LogP contribution in [0.15, 0.2) is 47.5 Å². The van der Waals surface area contributed by atoms with E-state index in [9.17, 15) is 14.0 Å². The predicted molar refractivity (Wildman–Crippen MR) is 119 cm³/mol. The number of anilines is 1. The number of aromatic nitrogens is 4. The molecule has 9 heteroatoms. The third kappa shape index (κ3) is 3.28. The molecule has 31 heavy (non-hydrogen) atoms. The van der Waals surface area contributed by atoms with Gasteiger partial charge in [-0.3, -0.25) is 14.9 Å². The van der Waals surface area contributed by atoms with Crippen LogP contribution < -0.4 is 10.9 Å². The van der Waals surface area contributed by atoms with E-state index in [1.165, 1.54) is 23.5 Å². The lowest BCUT2D eigenvalue weighted by Gasteiger charge is -2.08. The Bertz CT molecular complexity index is 1550. The van der Waals surface area contributed by atoms with Crippen LogP contribution >= 0.6 is 11.3 Å². The zero-order valence-electron chi connectivity index (χ0n) is 16.5. The number of hydrogen-bond donors (Lipinski definition) is 3. The number of aryl methyl sites for hydroxylation is 2. The van der Waals surface area contributed by atoms with Crippen LogP contribution in [0.5, 0.6) is 0 Å². The average molecular weight is 433 g/mol. The molecule has 5 rings (SSSR count). The number of nitrogens with one attached hydrogen (secondary N) is 3. The highest BCUT2D eigenvalue weighted by molar-refractivity contribution is 7.16. The summed E-state index contributed by atoms with van der Waals surface area (Å²) in [5.41, 5.74) is 2.56. The van der Waals surface area contributed by atoms with Crippen LogP contribution in [0.25, 0.3) is 33.2 Å². The molecule has 3 N–H and O–H groups in total. The van der Waals surface area contributed by atoms with E-state index >= 15 is 0 Å². The van der Waals surface area contributed by atoms with E-state index in [1.54, 1.807) is 19.2 Å². The molecule has 0 radical (unpaired) electrons. The normalized spacial score (nSPS) is 11.3. The van der Waals surface area contributed by atoms with Crippen molar-refractivity contribution in [1.82, 2.24) is 19.9 Å². The summed E-state index contributed by atoms with van der Waals surface area (Å²) in [6.07, 6.45) is 3.54. The van der Waals surface area contributed by atoms with Gasteiger partial charge in [0.25, 0.3) is 5.91 Å². The van der Waals surface area contributed by atoms with Gasteiger partial charge in [-0.2, -0.15) is 0 Å². The SMILES string of the molecule is Cc1cc(F)c2[nH]c(=O)cc(C(=O)Nc3nc(-c4c[nH]c5ncccc45)c(C)s3)c2c1. The number of nitrogens with zero attached hydrogens (tertiary/aromatic N) is 2. The maximum absolute atomic E-state index is 14.3. The number of H-pyrrole nitrogens is 2. The number of aromatic amines is 2. The second-order valence-corrected chi connectivity index (χ2v) is 8.40. The van der Waals surface area contributed by atoms with Gasteiger partial charge >= 0.3 is 0 Å². The molecular weight excluding hydrogens is 417 g/mol. The van der Waals surface area contributed by atoms with Crippen molar-refractivity contribution in [3.63, 3.8) is 0 Å². The van der Waals surface area contributed by atoms with E-state index < -0.39 is 17.3 Å². The maximum Gasteiger partial charge on any atom is 0.258 e. The van der Waals surface area contributed by atoms with Gasteiger partial charge in [0.1, 0.15) is 11.5 Å². The fraction of sp³-hybridized carbons (Fsp3) is 0.0909. The van der Waals surface area contributed by atoms with Crippen molar-refractivity contribution in [2.45, 2.75) is 13.8 Å². The summed E-state index contributed by atoms with van der Waals surface area (Å²) < 4.78 is 14.3. The molecule has 4 heterocycles. The Balaban J connectivity index is 1.54. The van der Waals surface area contributed by atoms with E-state index in [2.05, 4.69) is 25.3 Å². The first-order chi connectivity index (χ1) is 14.9. The van der Waals surface area contributed by atoms with Crippen LogP contribution in [0.3, 0.4) is 0 Å². The number of halogens is 1. The Hall–Kier alpha value is -3.85. The van der Waals surface area contributed by atoms with Crippen LogP contribution in [0, 0.1) is 19.7 Å². The van der Waals surface area contributed by atoms with Gasteiger partial charge in [-0.1, -0.05) is 0 Å². The molecule has 7 nitrogen and oxygen atoms in total.